The van der Waals surface area contributed by atoms with Gasteiger partial charge in [-0.3, -0.25) is 14.5 Å². The molecular weight excluding hydrogens is 402 g/mol. The Morgan fingerprint density at radius 2 is 1.80 bits per heavy atom. The molecule has 3 heterocycles. The number of hydrogen-bond donors (Lipinski definition) is 1. The van der Waals surface area contributed by atoms with Gasteiger partial charge in [0.05, 0.1) is 24.5 Å². The molecule has 8 heteroatoms. The normalized spacial score (nSPS) is 17.9. The fourth-order valence-corrected chi connectivity index (χ4v) is 4.69. The summed E-state index contributed by atoms with van der Waals surface area (Å²) in [7, 11) is 0. The number of ether oxygens (including phenoxy) is 1. The van der Waals surface area contributed by atoms with Crippen LogP contribution in [0, 0.1) is 0 Å². The molecule has 2 aliphatic heterocycles. The van der Waals surface area contributed by atoms with Gasteiger partial charge in [0.2, 0.25) is 0 Å². The van der Waals surface area contributed by atoms with Crippen molar-refractivity contribution in [1.29, 1.82) is 0 Å². The highest BCUT2D eigenvalue weighted by molar-refractivity contribution is 7.11. The molecule has 0 saturated carbocycles. The predicted molar refractivity (Wildman–Crippen MR) is 116 cm³/mol. The van der Waals surface area contributed by atoms with Crippen LogP contribution in [0.3, 0.4) is 0 Å². The average molecular weight is 428 g/mol. The SMILES string of the molecule is CCOc1ccccc1N1C(=O)C(c2cccs2)=C(N2CCN(CCO)CC2)C1=O. The summed E-state index contributed by atoms with van der Waals surface area (Å²) in [5.41, 5.74) is 1.38. The molecule has 1 N–H and O–H groups in total. The Labute approximate surface area is 179 Å². The molecule has 7 nitrogen and oxygen atoms in total. The molecule has 158 valence electrons. The van der Waals surface area contributed by atoms with Crippen LogP contribution in [-0.4, -0.2) is 72.7 Å². The van der Waals surface area contributed by atoms with Crippen LogP contribution in [0.2, 0.25) is 0 Å². The van der Waals surface area contributed by atoms with E-state index in [-0.39, 0.29) is 18.4 Å². The third kappa shape index (κ3) is 3.74. The van der Waals surface area contributed by atoms with E-state index in [1.807, 2.05) is 35.4 Å². The number of carbonyl (C=O) groups excluding carboxylic acids is 2. The maximum absolute atomic E-state index is 13.6. The van der Waals surface area contributed by atoms with Gasteiger partial charge in [0.25, 0.3) is 11.8 Å². The average Bonchev–Trinajstić information content (AvgIpc) is 3.36. The molecule has 1 fully saturated rings. The van der Waals surface area contributed by atoms with E-state index in [1.165, 1.54) is 16.2 Å². The highest BCUT2D eigenvalue weighted by atomic mass is 32.1. The molecule has 0 unspecified atom stereocenters. The van der Waals surface area contributed by atoms with Gasteiger partial charge in [-0.1, -0.05) is 18.2 Å². The van der Waals surface area contributed by atoms with Crippen LogP contribution in [0.4, 0.5) is 5.69 Å². The maximum Gasteiger partial charge on any atom is 0.282 e. The molecule has 30 heavy (non-hydrogen) atoms. The molecule has 0 aliphatic carbocycles. The Balaban J connectivity index is 1.71. The lowest BCUT2D eigenvalue weighted by atomic mass is 10.1. The van der Waals surface area contributed by atoms with E-state index >= 15 is 0 Å². The monoisotopic (exact) mass is 427 g/mol. The number of nitrogens with zero attached hydrogens (tertiary/aromatic N) is 3. The van der Waals surface area contributed by atoms with Crippen LogP contribution < -0.4 is 9.64 Å². The number of rotatable bonds is 7. The zero-order valence-corrected chi connectivity index (χ0v) is 17.7. The second-order valence-electron chi connectivity index (χ2n) is 7.10. The van der Waals surface area contributed by atoms with Crippen LogP contribution >= 0.6 is 11.3 Å². The van der Waals surface area contributed by atoms with Crippen molar-refractivity contribution in [3.05, 3.63) is 52.4 Å². The molecule has 2 amide bonds. The summed E-state index contributed by atoms with van der Waals surface area (Å²) in [6.45, 7) is 5.77. The number of aliphatic hydroxyl groups is 1. The molecule has 0 atom stereocenters. The lowest BCUT2D eigenvalue weighted by molar-refractivity contribution is -0.120. The van der Waals surface area contributed by atoms with Crippen molar-refractivity contribution in [3.63, 3.8) is 0 Å². The minimum atomic E-state index is -0.317. The van der Waals surface area contributed by atoms with Gasteiger partial charge in [0.1, 0.15) is 11.4 Å². The third-order valence-corrected chi connectivity index (χ3v) is 6.23. The standard InChI is InChI=1S/C22H25N3O4S/c1-2-29-17-7-4-3-6-16(17)25-21(27)19(18-8-5-15-30-18)20(22(25)28)24-11-9-23(10-12-24)13-14-26/h3-8,15,26H,2,9-14H2,1H3. The topological polar surface area (TPSA) is 73.3 Å². The molecule has 2 aromatic rings. The third-order valence-electron chi connectivity index (χ3n) is 5.34. The molecule has 0 spiro atoms. The second-order valence-corrected chi connectivity index (χ2v) is 8.05. The van der Waals surface area contributed by atoms with Crippen LogP contribution in [0.5, 0.6) is 5.75 Å². The first-order chi connectivity index (χ1) is 14.7. The second kappa shape index (κ2) is 8.99. The van der Waals surface area contributed by atoms with Crippen LogP contribution in [0.25, 0.3) is 5.57 Å². The first-order valence-electron chi connectivity index (χ1n) is 10.1. The molecule has 2 aliphatic rings. The van der Waals surface area contributed by atoms with Crippen molar-refractivity contribution >= 4 is 34.4 Å². The Morgan fingerprint density at radius 3 is 2.47 bits per heavy atom. The summed E-state index contributed by atoms with van der Waals surface area (Å²) in [5, 5.41) is 11.1. The van der Waals surface area contributed by atoms with Crippen molar-refractivity contribution < 1.29 is 19.4 Å². The van der Waals surface area contributed by atoms with Crippen LogP contribution in [0.15, 0.2) is 47.5 Å². The summed E-state index contributed by atoms with van der Waals surface area (Å²) in [5.74, 6) is -0.116. The van der Waals surface area contributed by atoms with Crippen molar-refractivity contribution in [1.82, 2.24) is 9.80 Å². The Hall–Kier alpha value is -2.68. The summed E-state index contributed by atoms with van der Waals surface area (Å²) in [6, 6.07) is 10.9. The minimum absolute atomic E-state index is 0.114. The quantitative estimate of drug-likeness (QED) is 0.682. The predicted octanol–water partition coefficient (Wildman–Crippen LogP) is 2.04. The number of thiophene rings is 1. The lowest BCUT2D eigenvalue weighted by Gasteiger charge is -2.36. The Morgan fingerprint density at radius 1 is 1.03 bits per heavy atom. The molecule has 0 bridgehead atoms. The first-order valence-corrected chi connectivity index (χ1v) is 11.0. The van der Waals surface area contributed by atoms with Crippen molar-refractivity contribution in [2.75, 3.05) is 50.8 Å². The first kappa shape index (κ1) is 20.6. The van der Waals surface area contributed by atoms with E-state index in [4.69, 9.17) is 4.74 Å². The number of anilines is 1. The Kier molecular flexibility index (Phi) is 6.17. The van der Waals surface area contributed by atoms with Gasteiger partial charge >= 0.3 is 0 Å². The van der Waals surface area contributed by atoms with E-state index in [2.05, 4.69) is 4.90 Å². The van der Waals surface area contributed by atoms with E-state index in [1.54, 1.807) is 18.2 Å². The zero-order chi connectivity index (χ0) is 21.1. The van der Waals surface area contributed by atoms with E-state index < -0.39 is 0 Å². The van der Waals surface area contributed by atoms with Gasteiger partial charge in [-0.2, -0.15) is 0 Å². The van der Waals surface area contributed by atoms with Gasteiger partial charge in [-0.15, -0.1) is 11.3 Å². The van der Waals surface area contributed by atoms with Crippen molar-refractivity contribution in [3.8, 4) is 5.75 Å². The molecule has 4 rings (SSSR count). The molecule has 1 aromatic carbocycles. The lowest BCUT2D eigenvalue weighted by Crippen LogP contribution is -2.48. The van der Waals surface area contributed by atoms with Gasteiger partial charge in [-0.05, 0) is 30.5 Å². The fraction of sp³-hybridized carbons (Fsp3) is 0.364. The van der Waals surface area contributed by atoms with Crippen LogP contribution in [-0.2, 0) is 9.59 Å². The number of imide groups is 1. The van der Waals surface area contributed by atoms with Crippen molar-refractivity contribution in [2.45, 2.75) is 6.92 Å². The summed E-state index contributed by atoms with van der Waals surface area (Å²) in [4.78, 5) is 33.3. The maximum atomic E-state index is 13.6. The smallest absolute Gasteiger partial charge is 0.282 e. The number of benzene rings is 1. The fourth-order valence-electron chi connectivity index (χ4n) is 3.93. The molecule has 0 radical (unpaired) electrons. The molecular formula is C22H25N3O4S. The number of hydrogen-bond acceptors (Lipinski definition) is 7. The molecule has 1 saturated heterocycles. The van der Waals surface area contributed by atoms with Crippen LogP contribution in [0.1, 0.15) is 11.8 Å². The van der Waals surface area contributed by atoms with E-state index in [0.717, 1.165) is 18.0 Å². The summed E-state index contributed by atoms with van der Waals surface area (Å²) < 4.78 is 5.69. The number of para-hydroxylation sites is 2. The number of carbonyl (C=O) groups is 2. The Bertz CT molecular complexity index is 949. The summed E-state index contributed by atoms with van der Waals surface area (Å²) >= 11 is 1.46. The number of amides is 2. The largest absolute Gasteiger partial charge is 0.492 e. The number of aliphatic hydroxyl groups excluding tert-OH is 1. The zero-order valence-electron chi connectivity index (χ0n) is 16.9. The number of piperazine rings is 1. The van der Waals surface area contributed by atoms with Gasteiger partial charge < -0.3 is 14.7 Å². The van der Waals surface area contributed by atoms with Gasteiger partial charge in [-0.25, -0.2) is 4.90 Å². The number of β-amino-alcohol motifs (C(OH)–C–C–N with tert-alkyl or cyclic N) is 1. The van der Waals surface area contributed by atoms with Gasteiger partial charge in [0, 0.05) is 37.6 Å². The summed E-state index contributed by atoms with van der Waals surface area (Å²) in [6.07, 6.45) is 0. The highest BCUT2D eigenvalue weighted by Gasteiger charge is 2.44. The van der Waals surface area contributed by atoms with E-state index in [9.17, 15) is 14.7 Å². The van der Waals surface area contributed by atoms with Crippen molar-refractivity contribution in [2.24, 2.45) is 0 Å². The van der Waals surface area contributed by atoms with Gasteiger partial charge in [0.15, 0.2) is 0 Å². The highest BCUT2D eigenvalue weighted by Crippen LogP contribution is 2.39. The van der Waals surface area contributed by atoms with E-state index in [0.29, 0.717) is 48.9 Å². The molecule has 1 aromatic heterocycles. The minimum Gasteiger partial charge on any atom is -0.492 e.